The summed E-state index contributed by atoms with van der Waals surface area (Å²) < 4.78 is 1.92. The van der Waals surface area contributed by atoms with Gasteiger partial charge in [0.25, 0.3) is 0 Å². The molecule has 1 aromatic rings. The van der Waals surface area contributed by atoms with Crippen molar-refractivity contribution in [1.82, 2.24) is 20.0 Å². The zero-order valence-corrected chi connectivity index (χ0v) is 13.4. The standard InChI is InChI=1S/C14H25ClN4/c1-6-14(4)9-16-10(2)7-19(14)8-12-13(15)11(3)17-18(12)5/h10,16H,6-9H2,1-5H3. The van der Waals surface area contributed by atoms with Gasteiger partial charge in [-0.15, -0.1) is 0 Å². The van der Waals surface area contributed by atoms with Crippen molar-refractivity contribution in [2.75, 3.05) is 13.1 Å². The second-order valence-corrected chi connectivity index (χ2v) is 6.36. The number of halogens is 1. The number of piperazine rings is 1. The molecule has 1 N–H and O–H groups in total. The molecule has 0 amide bonds. The molecule has 0 spiro atoms. The van der Waals surface area contributed by atoms with E-state index in [1.807, 2.05) is 18.7 Å². The van der Waals surface area contributed by atoms with Gasteiger partial charge in [0, 0.05) is 38.3 Å². The molecule has 4 nitrogen and oxygen atoms in total. The van der Waals surface area contributed by atoms with E-state index in [0.717, 1.165) is 42.5 Å². The van der Waals surface area contributed by atoms with Gasteiger partial charge in [0.05, 0.1) is 16.4 Å². The molecule has 0 bridgehead atoms. The van der Waals surface area contributed by atoms with E-state index in [1.54, 1.807) is 0 Å². The first kappa shape index (κ1) is 14.8. The maximum absolute atomic E-state index is 6.38. The first-order valence-electron chi connectivity index (χ1n) is 7.04. The Morgan fingerprint density at radius 3 is 2.74 bits per heavy atom. The van der Waals surface area contributed by atoms with E-state index in [1.165, 1.54) is 0 Å². The summed E-state index contributed by atoms with van der Waals surface area (Å²) in [6.45, 7) is 11.7. The molecule has 1 aromatic heterocycles. The number of rotatable bonds is 3. The van der Waals surface area contributed by atoms with Gasteiger partial charge in [-0.05, 0) is 27.2 Å². The summed E-state index contributed by atoms with van der Waals surface area (Å²) in [5.41, 5.74) is 2.22. The topological polar surface area (TPSA) is 33.1 Å². The number of hydrogen-bond donors (Lipinski definition) is 1. The lowest BCUT2D eigenvalue weighted by Gasteiger charge is -2.47. The molecule has 108 valence electrons. The minimum absolute atomic E-state index is 0.189. The fraction of sp³-hybridized carbons (Fsp3) is 0.786. The molecule has 0 saturated carbocycles. The number of aromatic nitrogens is 2. The number of nitrogens with one attached hydrogen (secondary N) is 1. The van der Waals surface area contributed by atoms with E-state index in [4.69, 9.17) is 11.6 Å². The average molecular weight is 285 g/mol. The monoisotopic (exact) mass is 284 g/mol. The number of hydrogen-bond acceptors (Lipinski definition) is 3. The molecule has 2 atom stereocenters. The third-order valence-electron chi connectivity index (χ3n) is 4.45. The first-order chi connectivity index (χ1) is 8.87. The Morgan fingerprint density at radius 2 is 2.21 bits per heavy atom. The van der Waals surface area contributed by atoms with E-state index in [9.17, 15) is 0 Å². The third-order valence-corrected chi connectivity index (χ3v) is 4.94. The highest BCUT2D eigenvalue weighted by Gasteiger charge is 2.35. The van der Waals surface area contributed by atoms with Gasteiger partial charge < -0.3 is 5.32 Å². The van der Waals surface area contributed by atoms with Crippen LogP contribution in [0.15, 0.2) is 0 Å². The summed E-state index contributed by atoms with van der Waals surface area (Å²) in [5.74, 6) is 0. The van der Waals surface area contributed by atoms with Gasteiger partial charge >= 0.3 is 0 Å². The molecule has 2 heterocycles. The van der Waals surface area contributed by atoms with Gasteiger partial charge in [0.1, 0.15) is 0 Å². The summed E-state index contributed by atoms with van der Waals surface area (Å²) in [7, 11) is 1.98. The van der Waals surface area contributed by atoms with Crippen molar-refractivity contribution in [3.8, 4) is 0 Å². The molecule has 2 unspecified atom stereocenters. The molecule has 0 aromatic carbocycles. The predicted octanol–water partition coefficient (Wildman–Crippen LogP) is 2.34. The number of nitrogens with zero attached hydrogens (tertiary/aromatic N) is 3. The molecule has 1 saturated heterocycles. The smallest absolute Gasteiger partial charge is 0.0860 e. The van der Waals surface area contributed by atoms with Crippen LogP contribution in [-0.4, -0.2) is 39.4 Å². The van der Waals surface area contributed by atoms with Crippen molar-refractivity contribution in [3.63, 3.8) is 0 Å². The van der Waals surface area contributed by atoms with Crippen LogP contribution in [0.3, 0.4) is 0 Å². The Bertz CT molecular complexity index is 457. The van der Waals surface area contributed by atoms with Gasteiger partial charge in [-0.25, -0.2) is 0 Å². The van der Waals surface area contributed by atoms with Crippen molar-refractivity contribution in [2.24, 2.45) is 7.05 Å². The Kier molecular flexibility index (Phi) is 4.23. The molecular weight excluding hydrogens is 260 g/mol. The minimum atomic E-state index is 0.189. The van der Waals surface area contributed by atoms with Crippen molar-refractivity contribution >= 4 is 11.6 Å². The summed E-state index contributed by atoms with van der Waals surface area (Å²) >= 11 is 6.38. The van der Waals surface area contributed by atoms with Crippen LogP contribution >= 0.6 is 11.6 Å². The van der Waals surface area contributed by atoms with Crippen LogP contribution in [-0.2, 0) is 13.6 Å². The normalized spacial score (nSPS) is 28.8. The van der Waals surface area contributed by atoms with Crippen LogP contribution in [0.5, 0.6) is 0 Å². The second kappa shape index (κ2) is 5.43. The van der Waals surface area contributed by atoms with Crippen molar-refractivity contribution < 1.29 is 0 Å². The lowest BCUT2D eigenvalue weighted by atomic mass is 9.92. The van der Waals surface area contributed by atoms with E-state index < -0.39 is 0 Å². The molecule has 1 aliphatic heterocycles. The summed E-state index contributed by atoms with van der Waals surface area (Å²) in [6, 6.07) is 0.521. The van der Waals surface area contributed by atoms with Crippen molar-refractivity contribution in [3.05, 3.63) is 16.4 Å². The SMILES string of the molecule is CCC1(C)CNC(C)CN1Cc1c(Cl)c(C)nn1C. The average Bonchev–Trinajstić information content (AvgIpc) is 2.60. The number of aryl methyl sites for hydroxylation is 2. The maximum Gasteiger partial charge on any atom is 0.0860 e. The largest absolute Gasteiger partial charge is 0.311 e. The molecular formula is C14H25ClN4. The van der Waals surface area contributed by atoms with E-state index >= 15 is 0 Å². The van der Waals surface area contributed by atoms with Crippen LogP contribution < -0.4 is 5.32 Å². The highest BCUT2D eigenvalue weighted by atomic mass is 35.5. The first-order valence-corrected chi connectivity index (χ1v) is 7.41. The zero-order valence-electron chi connectivity index (χ0n) is 12.6. The van der Waals surface area contributed by atoms with Gasteiger partial charge in [-0.3, -0.25) is 9.58 Å². The Balaban J connectivity index is 2.24. The van der Waals surface area contributed by atoms with Crippen LogP contribution in [0.2, 0.25) is 5.02 Å². The fourth-order valence-corrected chi connectivity index (χ4v) is 2.98. The Labute approximate surface area is 121 Å². The molecule has 1 aliphatic rings. The third kappa shape index (κ3) is 2.81. The van der Waals surface area contributed by atoms with Crippen LogP contribution in [0, 0.1) is 6.92 Å². The van der Waals surface area contributed by atoms with Crippen molar-refractivity contribution in [2.45, 2.75) is 52.2 Å². The highest BCUT2D eigenvalue weighted by molar-refractivity contribution is 6.31. The quantitative estimate of drug-likeness (QED) is 0.925. The Morgan fingerprint density at radius 1 is 1.53 bits per heavy atom. The maximum atomic E-state index is 6.38. The minimum Gasteiger partial charge on any atom is -0.311 e. The molecule has 19 heavy (non-hydrogen) atoms. The summed E-state index contributed by atoms with van der Waals surface area (Å²) in [5, 5.41) is 8.80. The van der Waals surface area contributed by atoms with Gasteiger partial charge in [0.2, 0.25) is 0 Å². The summed E-state index contributed by atoms with van der Waals surface area (Å²) in [6.07, 6.45) is 1.13. The van der Waals surface area contributed by atoms with Gasteiger partial charge in [0.15, 0.2) is 0 Å². The van der Waals surface area contributed by atoms with E-state index in [2.05, 4.69) is 36.1 Å². The lowest BCUT2D eigenvalue weighted by molar-refractivity contribution is 0.0432. The highest BCUT2D eigenvalue weighted by Crippen LogP contribution is 2.28. The van der Waals surface area contributed by atoms with Crippen LogP contribution in [0.25, 0.3) is 0 Å². The fourth-order valence-electron chi connectivity index (χ4n) is 2.76. The van der Waals surface area contributed by atoms with Gasteiger partial charge in [-0.1, -0.05) is 18.5 Å². The van der Waals surface area contributed by atoms with Crippen molar-refractivity contribution in [1.29, 1.82) is 0 Å². The zero-order chi connectivity index (χ0) is 14.2. The van der Waals surface area contributed by atoms with E-state index in [0.29, 0.717) is 6.04 Å². The lowest BCUT2D eigenvalue weighted by Crippen LogP contribution is -2.62. The van der Waals surface area contributed by atoms with Gasteiger partial charge in [-0.2, -0.15) is 5.10 Å². The molecule has 0 radical (unpaired) electrons. The van der Waals surface area contributed by atoms with E-state index in [-0.39, 0.29) is 5.54 Å². The second-order valence-electron chi connectivity index (χ2n) is 5.98. The molecule has 5 heteroatoms. The Hall–Kier alpha value is -0.580. The summed E-state index contributed by atoms with van der Waals surface area (Å²) in [4.78, 5) is 2.54. The predicted molar refractivity (Wildman–Crippen MR) is 79.5 cm³/mol. The van der Waals surface area contributed by atoms with Crippen LogP contribution in [0.1, 0.15) is 38.6 Å². The molecule has 1 fully saturated rings. The molecule has 0 aliphatic carbocycles. The van der Waals surface area contributed by atoms with Crippen LogP contribution in [0.4, 0.5) is 0 Å². The molecule has 2 rings (SSSR count).